The predicted octanol–water partition coefficient (Wildman–Crippen LogP) is 2.78. The fourth-order valence-electron chi connectivity index (χ4n) is 1.39. The Morgan fingerprint density at radius 3 is 2.94 bits per heavy atom. The van der Waals surface area contributed by atoms with Gasteiger partial charge in [-0.05, 0) is 30.9 Å². The first kappa shape index (κ1) is 15.1. The summed E-state index contributed by atoms with van der Waals surface area (Å²) in [5.74, 6) is 2.29. The summed E-state index contributed by atoms with van der Waals surface area (Å²) in [6.07, 6.45) is 2.47. The molecule has 100 valence electrons. The molecule has 0 aliphatic rings. The van der Waals surface area contributed by atoms with Crippen LogP contribution in [0.5, 0.6) is 0 Å². The first-order valence-corrected chi connectivity index (χ1v) is 7.37. The van der Waals surface area contributed by atoms with Gasteiger partial charge in [-0.1, -0.05) is 18.5 Å². The highest BCUT2D eigenvalue weighted by Crippen LogP contribution is 2.21. The lowest BCUT2D eigenvalue weighted by Crippen LogP contribution is -2.18. The zero-order valence-electron chi connectivity index (χ0n) is 10.6. The molecule has 0 fully saturated rings. The van der Waals surface area contributed by atoms with Crippen molar-refractivity contribution in [2.24, 2.45) is 5.73 Å². The van der Waals surface area contributed by atoms with Crippen molar-refractivity contribution in [2.45, 2.75) is 26.3 Å². The molecule has 4 nitrogen and oxygen atoms in total. The molecule has 0 bridgehead atoms. The van der Waals surface area contributed by atoms with Gasteiger partial charge in [0.2, 0.25) is 5.91 Å². The molecule has 3 N–H and O–H groups in total. The van der Waals surface area contributed by atoms with Crippen molar-refractivity contribution in [3.8, 4) is 0 Å². The summed E-state index contributed by atoms with van der Waals surface area (Å²) in [5.41, 5.74) is 5.47. The third-order valence-electron chi connectivity index (χ3n) is 2.41. The van der Waals surface area contributed by atoms with Crippen LogP contribution in [0.15, 0.2) is 12.3 Å². The zero-order valence-corrected chi connectivity index (χ0v) is 12.1. The topological polar surface area (TPSA) is 68.0 Å². The number of nitrogens with one attached hydrogen (secondary N) is 1. The fourth-order valence-corrected chi connectivity index (χ4v) is 2.42. The number of carbonyl (C=O) groups is 1. The second-order valence-electron chi connectivity index (χ2n) is 3.95. The third-order valence-corrected chi connectivity index (χ3v) is 3.63. The number of carbonyl (C=O) groups excluding carboxylic acids is 1. The number of hydrogen-bond donors (Lipinski definition) is 2. The number of rotatable bonds is 7. The van der Waals surface area contributed by atoms with Crippen LogP contribution in [0.1, 0.15) is 30.6 Å². The summed E-state index contributed by atoms with van der Waals surface area (Å²) in [6, 6.07) is 1.82. The highest BCUT2D eigenvalue weighted by atomic mass is 35.5. The van der Waals surface area contributed by atoms with Gasteiger partial charge < -0.3 is 11.1 Å². The van der Waals surface area contributed by atoms with Gasteiger partial charge in [0.05, 0.1) is 10.6 Å². The van der Waals surface area contributed by atoms with Gasteiger partial charge in [-0.3, -0.25) is 4.79 Å². The molecular weight excluding hydrogens is 270 g/mol. The summed E-state index contributed by atoms with van der Waals surface area (Å²) in [6.45, 7) is 4.22. The molecule has 0 aliphatic carbocycles. The first-order valence-electron chi connectivity index (χ1n) is 5.84. The number of halogens is 1. The molecule has 0 radical (unpaired) electrons. The predicted molar refractivity (Wildman–Crippen MR) is 78.5 cm³/mol. The van der Waals surface area contributed by atoms with Crippen LogP contribution in [0.25, 0.3) is 0 Å². The SMILES string of the molecule is CCSCC[C@@H](C)Nc1ncc(C(N)=O)cc1Cl. The summed E-state index contributed by atoms with van der Waals surface area (Å²) in [5, 5.41) is 3.64. The van der Waals surface area contributed by atoms with E-state index in [1.54, 1.807) is 0 Å². The number of amides is 1. The van der Waals surface area contributed by atoms with E-state index in [1.165, 1.54) is 12.3 Å². The number of thioether (sulfide) groups is 1. The summed E-state index contributed by atoms with van der Waals surface area (Å²) in [4.78, 5) is 15.1. The number of pyridine rings is 1. The van der Waals surface area contributed by atoms with Gasteiger partial charge in [-0.2, -0.15) is 11.8 Å². The first-order chi connectivity index (χ1) is 8.54. The van der Waals surface area contributed by atoms with Gasteiger partial charge in [0.25, 0.3) is 0 Å². The molecule has 0 aromatic carbocycles. The minimum Gasteiger partial charge on any atom is -0.366 e. The number of hydrogen-bond acceptors (Lipinski definition) is 4. The molecular formula is C12H18ClN3OS. The van der Waals surface area contributed by atoms with E-state index >= 15 is 0 Å². The van der Waals surface area contributed by atoms with E-state index in [-0.39, 0.29) is 6.04 Å². The van der Waals surface area contributed by atoms with Crippen LogP contribution in [0, 0.1) is 0 Å². The maximum Gasteiger partial charge on any atom is 0.250 e. The molecule has 0 aliphatic heterocycles. The molecule has 1 aromatic rings. The van der Waals surface area contributed by atoms with Gasteiger partial charge in [-0.15, -0.1) is 0 Å². The second kappa shape index (κ2) is 7.48. The highest BCUT2D eigenvalue weighted by molar-refractivity contribution is 7.99. The van der Waals surface area contributed by atoms with Gasteiger partial charge in [0.1, 0.15) is 5.82 Å². The Hall–Kier alpha value is -0.940. The average molecular weight is 288 g/mol. The van der Waals surface area contributed by atoms with Crippen molar-refractivity contribution >= 4 is 35.1 Å². The van der Waals surface area contributed by atoms with Crippen LogP contribution in [-0.4, -0.2) is 28.4 Å². The van der Waals surface area contributed by atoms with Crippen molar-refractivity contribution in [2.75, 3.05) is 16.8 Å². The lowest BCUT2D eigenvalue weighted by Gasteiger charge is -2.15. The molecule has 1 aromatic heterocycles. The quantitative estimate of drug-likeness (QED) is 0.757. The van der Waals surface area contributed by atoms with Gasteiger partial charge in [0.15, 0.2) is 0 Å². The minimum atomic E-state index is -0.525. The van der Waals surface area contributed by atoms with E-state index in [9.17, 15) is 4.79 Å². The number of aromatic nitrogens is 1. The highest BCUT2D eigenvalue weighted by Gasteiger charge is 2.09. The molecule has 0 saturated heterocycles. The molecule has 0 spiro atoms. The van der Waals surface area contributed by atoms with E-state index in [1.807, 2.05) is 11.8 Å². The normalized spacial score (nSPS) is 12.2. The number of nitrogens with two attached hydrogens (primary N) is 1. The molecule has 0 unspecified atom stereocenters. The summed E-state index contributed by atoms with van der Waals surface area (Å²) in [7, 11) is 0. The lowest BCUT2D eigenvalue weighted by molar-refractivity contribution is 0.1000. The zero-order chi connectivity index (χ0) is 13.5. The van der Waals surface area contributed by atoms with Crippen LogP contribution in [-0.2, 0) is 0 Å². The van der Waals surface area contributed by atoms with Crippen LogP contribution >= 0.6 is 23.4 Å². The molecule has 6 heteroatoms. The fraction of sp³-hybridized carbons (Fsp3) is 0.500. The van der Waals surface area contributed by atoms with Crippen molar-refractivity contribution in [1.29, 1.82) is 0 Å². The third kappa shape index (κ3) is 4.74. The van der Waals surface area contributed by atoms with Crippen molar-refractivity contribution in [1.82, 2.24) is 4.98 Å². The Morgan fingerprint density at radius 2 is 2.39 bits per heavy atom. The van der Waals surface area contributed by atoms with E-state index in [0.29, 0.717) is 16.4 Å². The van der Waals surface area contributed by atoms with Gasteiger partial charge >= 0.3 is 0 Å². The molecule has 1 amide bonds. The molecule has 1 atom stereocenters. The molecule has 1 rings (SSSR count). The van der Waals surface area contributed by atoms with Gasteiger partial charge in [-0.25, -0.2) is 4.98 Å². The standard InChI is InChI=1S/C12H18ClN3OS/c1-3-18-5-4-8(2)16-12-10(13)6-9(7-15-12)11(14)17/h6-8H,3-5H2,1-2H3,(H2,14,17)(H,15,16)/t8-/m1/s1. The van der Waals surface area contributed by atoms with Gasteiger partial charge in [0, 0.05) is 12.2 Å². The minimum absolute atomic E-state index is 0.286. The molecule has 1 heterocycles. The van der Waals surface area contributed by atoms with E-state index < -0.39 is 5.91 Å². The van der Waals surface area contributed by atoms with Crippen LogP contribution in [0.2, 0.25) is 5.02 Å². The Labute approximate surface area is 117 Å². The smallest absolute Gasteiger partial charge is 0.250 e. The van der Waals surface area contributed by atoms with E-state index in [4.69, 9.17) is 17.3 Å². The van der Waals surface area contributed by atoms with Crippen LogP contribution < -0.4 is 11.1 Å². The summed E-state index contributed by atoms with van der Waals surface area (Å²) < 4.78 is 0. The maximum atomic E-state index is 11.0. The molecule has 0 saturated carbocycles. The monoisotopic (exact) mass is 287 g/mol. The lowest BCUT2D eigenvalue weighted by atomic mass is 10.2. The van der Waals surface area contributed by atoms with Crippen LogP contribution in [0.3, 0.4) is 0 Å². The maximum absolute atomic E-state index is 11.0. The molecule has 18 heavy (non-hydrogen) atoms. The number of primary amides is 1. The largest absolute Gasteiger partial charge is 0.366 e. The second-order valence-corrected chi connectivity index (χ2v) is 5.75. The van der Waals surface area contributed by atoms with Crippen molar-refractivity contribution < 1.29 is 4.79 Å². The Bertz CT molecular complexity index is 414. The van der Waals surface area contributed by atoms with Crippen molar-refractivity contribution in [3.63, 3.8) is 0 Å². The number of anilines is 1. The summed E-state index contributed by atoms with van der Waals surface area (Å²) >= 11 is 7.94. The van der Waals surface area contributed by atoms with E-state index in [0.717, 1.165) is 17.9 Å². The number of nitrogens with zero attached hydrogens (tertiary/aromatic N) is 1. The Morgan fingerprint density at radius 1 is 1.67 bits per heavy atom. The van der Waals surface area contributed by atoms with E-state index in [2.05, 4.69) is 24.1 Å². The Balaban J connectivity index is 2.59. The van der Waals surface area contributed by atoms with Crippen LogP contribution in [0.4, 0.5) is 5.82 Å². The average Bonchev–Trinajstić information content (AvgIpc) is 2.32. The Kier molecular flexibility index (Phi) is 6.29. The van der Waals surface area contributed by atoms with Crippen molar-refractivity contribution in [3.05, 3.63) is 22.8 Å².